The Hall–Kier alpha value is -4.12. The number of hydrogen-bond donors (Lipinski definition) is 2. The Morgan fingerprint density at radius 2 is 1.88 bits per heavy atom. The van der Waals surface area contributed by atoms with E-state index in [4.69, 9.17) is 9.47 Å². The third-order valence-electron chi connectivity index (χ3n) is 5.99. The van der Waals surface area contributed by atoms with Crippen molar-refractivity contribution in [1.29, 1.82) is 0 Å². The van der Waals surface area contributed by atoms with E-state index in [1.165, 1.54) is 0 Å². The van der Waals surface area contributed by atoms with E-state index in [0.29, 0.717) is 42.4 Å². The summed E-state index contributed by atoms with van der Waals surface area (Å²) in [5.41, 5.74) is 4.11. The normalized spacial score (nSPS) is 13.8. The molecule has 3 aromatic carbocycles. The van der Waals surface area contributed by atoms with E-state index in [-0.39, 0.29) is 5.70 Å². The van der Waals surface area contributed by atoms with Crippen LogP contribution in [0.1, 0.15) is 29.2 Å². The molecule has 206 valence electrons. The van der Waals surface area contributed by atoms with Gasteiger partial charge in [0, 0.05) is 14.8 Å². The Morgan fingerprint density at radius 3 is 2.58 bits per heavy atom. The monoisotopic (exact) mass is 651 g/mol. The van der Waals surface area contributed by atoms with Crippen LogP contribution in [0.2, 0.25) is 0 Å². The molecule has 0 unspecified atom stereocenters. The Labute approximate surface area is 247 Å². The third-order valence-corrected chi connectivity index (χ3v) is 6.71. The second-order valence-electron chi connectivity index (χ2n) is 9.15. The maximum atomic E-state index is 13.1. The summed E-state index contributed by atoms with van der Waals surface area (Å²) in [5, 5.41) is 5.29. The highest BCUT2D eigenvalue weighted by atomic mass is 127. The first kappa shape index (κ1) is 28.9. The summed E-state index contributed by atoms with van der Waals surface area (Å²) < 4.78 is 13.2. The van der Waals surface area contributed by atoms with Crippen LogP contribution in [-0.2, 0) is 22.6 Å². The molecule has 1 fully saturated rings. The first-order chi connectivity index (χ1) is 19.3. The summed E-state index contributed by atoms with van der Waals surface area (Å²) in [6.07, 6.45) is 3.83. The zero-order valence-electron chi connectivity index (χ0n) is 22.3. The molecule has 1 saturated heterocycles. The van der Waals surface area contributed by atoms with Crippen LogP contribution < -0.4 is 20.1 Å². The number of nitrogens with one attached hydrogen (secondary N) is 2. The minimum atomic E-state index is -0.663. The lowest BCUT2D eigenvalue weighted by atomic mass is 10.0. The van der Waals surface area contributed by atoms with Crippen LogP contribution in [0.5, 0.6) is 11.5 Å². The maximum absolute atomic E-state index is 13.1. The van der Waals surface area contributed by atoms with E-state index in [9.17, 15) is 14.4 Å². The molecule has 8 nitrogen and oxygen atoms in total. The molecule has 0 saturated carbocycles. The second-order valence-corrected chi connectivity index (χ2v) is 10.4. The standard InChI is InChI=1S/C31H30IN3O5/c1-4-7-23-15-22(17-27(39-5-2)29(23)40-19-21-10-12-24(32)13-11-21)16-26-30(37)35(31(38)34-26)18-28(36)33-25-9-6-8-20(3)14-25/h4,6,8-17H,1,5,7,18-19H2,2-3H3,(H,33,36)(H,34,38)/b26-16+. The zero-order valence-corrected chi connectivity index (χ0v) is 24.5. The van der Waals surface area contributed by atoms with Gasteiger partial charge in [0.1, 0.15) is 18.8 Å². The molecule has 1 aliphatic rings. The van der Waals surface area contributed by atoms with Gasteiger partial charge < -0.3 is 20.1 Å². The van der Waals surface area contributed by atoms with Crippen LogP contribution >= 0.6 is 22.6 Å². The van der Waals surface area contributed by atoms with Gasteiger partial charge in [-0.15, -0.1) is 6.58 Å². The largest absolute Gasteiger partial charge is 0.490 e. The lowest BCUT2D eigenvalue weighted by molar-refractivity contribution is -0.127. The van der Waals surface area contributed by atoms with Gasteiger partial charge in [0.25, 0.3) is 5.91 Å². The molecular formula is C31H30IN3O5. The molecule has 1 heterocycles. The zero-order chi connectivity index (χ0) is 28.6. The molecule has 1 aliphatic heterocycles. The van der Waals surface area contributed by atoms with Gasteiger partial charge in [-0.25, -0.2) is 9.69 Å². The van der Waals surface area contributed by atoms with Crippen LogP contribution in [-0.4, -0.2) is 35.9 Å². The highest BCUT2D eigenvalue weighted by Crippen LogP contribution is 2.35. The molecule has 4 amide bonds. The summed E-state index contributed by atoms with van der Waals surface area (Å²) in [7, 11) is 0. The smallest absolute Gasteiger partial charge is 0.329 e. The van der Waals surface area contributed by atoms with Crippen molar-refractivity contribution >= 4 is 52.2 Å². The number of aryl methyl sites for hydroxylation is 1. The van der Waals surface area contributed by atoms with Gasteiger partial charge >= 0.3 is 6.03 Å². The third kappa shape index (κ3) is 7.29. The summed E-state index contributed by atoms with van der Waals surface area (Å²) in [5.74, 6) is 0.0487. The van der Waals surface area contributed by atoms with Crippen molar-refractivity contribution in [2.75, 3.05) is 18.5 Å². The van der Waals surface area contributed by atoms with Gasteiger partial charge in [-0.1, -0.05) is 30.3 Å². The molecule has 0 aromatic heterocycles. The van der Waals surface area contributed by atoms with Gasteiger partial charge in [0.15, 0.2) is 11.5 Å². The van der Waals surface area contributed by atoms with Gasteiger partial charge in [-0.2, -0.15) is 0 Å². The van der Waals surface area contributed by atoms with Crippen molar-refractivity contribution in [3.05, 3.63) is 105 Å². The van der Waals surface area contributed by atoms with Crippen molar-refractivity contribution in [1.82, 2.24) is 10.2 Å². The molecule has 0 radical (unpaired) electrons. The molecule has 0 atom stereocenters. The molecule has 0 aliphatic carbocycles. The highest BCUT2D eigenvalue weighted by Gasteiger charge is 2.35. The van der Waals surface area contributed by atoms with Crippen LogP contribution in [0.3, 0.4) is 0 Å². The molecule has 4 rings (SSSR count). The molecule has 2 N–H and O–H groups in total. The number of nitrogens with zero attached hydrogens (tertiary/aromatic N) is 1. The molecular weight excluding hydrogens is 621 g/mol. The van der Waals surface area contributed by atoms with Crippen molar-refractivity contribution in [2.45, 2.75) is 26.9 Å². The lowest BCUT2D eigenvalue weighted by Gasteiger charge is -2.17. The first-order valence-corrected chi connectivity index (χ1v) is 13.8. The van der Waals surface area contributed by atoms with Crippen molar-refractivity contribution in [2.24, 2.45) is 0 Å². The molecule has 0 bridgehead atoms. The first-order valence-electron chi connectivity index (χ1n) is 12.8. The van der Waals surface area contributed by atoms with E-state index in [1.807, 2.05) is 56.3 Å². The molecule has 40 heavy (non-hydrogen) atoms. The number of allylic oxidation sites excluding steroid dienone is 1. The van der Waals surface area contributed by atoms with E-state index in [0.717, 1.165) is 25.2 Å². The number of amides is 4. The topological polar surface area (TPSA) is 97.0 Å². The number of rotatable bonds is 11. The van der Waals surface area contributed by atoms with Gasteiger partial charge in [0.05, 0.1) is 6.61 Å². The van der Waals surface area contributed by atoms with E-state index in [1.54, 1.807) is 30.4 Å². The Bertz CT molecular complexity index is 1470. The predicted octanol–water partition coefficient (Wildman–Crippen LogP) is 5.84. The van der Waals surface area contributed by atoms with E-state index < -0.39 is 24.4 Å². The summed E-state index contributed by atoms with van der Waals surface area (Å²) in [6.45, 7) is 8.00. The summed E-state index contributed by atoms with van der Waals surface area (Å²) in [6, 6.07) is 18.3. The van der Waals surface area contributed by atoms with Crippen molar-refractivity contribution in [3.63, 3.8) is 0 Å². The van der Waals surface area contributed by atoms with Crippen molar-refractivity contribution < 1.29 is 23.9 Å². The van der Waals surface area contributed by atoms with Gasteiger partial charge in [-0.05, 0) is 102 Å². The number of urea groups is 1. The number of imide groups is 1. The number of hydrogen-bond acceptors (Lipinski definition) is 5. The predicted molar refractivity (Wildman–Crippen MR) is 163 cm³/mol. The SMILES string of the molecule is C=CCc1cc(/C=C2/NC(=O)N(CC(=O)Nc3cccc(C)c3)C2=O)cc(OCC)c1OCc1ccc(I)cc1. The fourth-order valence-corrected chi connectivity index (χ4v) is 4.55. The van der Waals surface area contributed by atoms with E-state index >= 15 is 0 Å². The number of carbonyl (C=O) groups excluding carboxylic acids is 3. The van der Waals surface area contributed by atoms with Gasteiger partial charge in [-0.3, -0.25) is 9.59 Å². The van der Waals surface area contributed by atoms with E-state index in [2.05, 4.69) is 39.8 Å². The molecule has 9 heteroatoms. The lowest BCUT2D eigenvalue weighted by Crippen LogP contribution is -2.38. The molecule has 3 aromatic rings. The number of benzene rings is 3. The minimum absolute atomic E-state index is 0.0629. The minimum Gasteiger partial charge on any atom is -0.490 e. The Morgan fingerprint density at radius 1 is 1.10 bits per heavy atom. The molecule has 0 spiro atoms. The van der Waals surface area contributed by atoms with Crippen LogP contribution in [0.15, 0.2) is 79.0 Å². The average molecular weight is 652 g/mol. The van der Waals surface area contributed by atoms with Crippen molar-refractivity contribution in [3.8, 4) is 11.5 Å². The maximum Gasteiger partial charge on any atom is 0.329 e. The quantitative estimate of drug-likeness (QED) is 0.118. The summed E-state index contributed by atoms with van der Waals surface area (Å²) in [4.78, 5) is 39.1. The summed E-state index contributed by atoms with van der Waals surface area (Å²) >= 11 is 2.26. The average Bonchev–Trinajstić information content (AvgIpc) is 3.16. The van der Waals surface area contributed by atoms with Gasteiger partial charge in [0.2, 0.25) is 5.91 Å². The van der Waals surface area contributed by atoms with Crippen LogP contribution in [0.4, 0.5) is 10.5 Å². The fraction of sp³-hybridized carbons (Fsp3) is 0.194. The Balaban J connectivity index is 1.54. The van der Waals surface area contributed by atoms with Crippen LogP contribution in [0, 0.1) is 10.5 Å². The highest BCUT2D eigenvalue weighted by molar-refractivity contribution is 14.1. The van der Waals surface area contributed by atoms with Crippen LogP contribution in [0.25, 0.3) is 6.08 Å². The number of ether oxygens (including phenoxy) is 2. The fourth-order valence-electron chi connectivity index (χ4n) is 4.19. The number of anilines is 1. The number of halogens is 1. The second kappa shape index (κ2) is 13.3. The number of carbonyl (C=O) groups is 3. The Kier molecular flexibility index (Phi) is 9.60.